The summed E-state index contributed by atoms with van der Waals surface area (Å²) in [6.45, 7) is 5.06. The topological polar surface area (TPSA) is 78.0 Å². The van der Waals surface area contributed by atoms with E-state index >= 15 is 0 Å². The van der Waals surface area contributed by atoms with Crippen LogP contribution in [-0.2, 0) is 23.3 Å². The van der Waals surface area contributed by atoms with Crippen LogP contribution >= 0.6 is 11.6 Å². The van der Waals surface area contributed by atoms with Crippen molar-refractivity contribution >= 4 is 21.4 Å². The second kappa shape index (κ2) is 4.83. The van der Waals surface area contributed by atoms with Crippen molar-refractivity contribution in [2.75, 3.05) is 6.26 Å². The Morgan fingerprint density at radius 3 is 2.33 bits per heavy atom. The molecule has 18 heavy (non-hydrogen) atoms. The van der Waals surface area contributed by atoms with Crippen LogP contribution < -0.4 is 5.73 Å². The number of aromatic nitrogens is 2. The fraction of sp³-hybridized carbons (Fsp3) is 0.727. The Balaban J connectivity index is 3.06. The van der Waals surface area contributed by atoms with Crippen molar-refractivity contribution in [2.24, 2.45) is 12.8 Å². The van der Waals surface area contributed by atoms with Gasteiger partial charge in [-0.2, -0.15) is 5.10 Å². The highest BCUT2D eigenvalue weighted by Crippen LogP contribution is 2.26. The van der Waals surface area contributed by atoms with Gasteiger partial charge in [-0.05, 0) is 20.8 Å². The Morgan fingerprint density at radius 2 is 2.00 bits per heavy atom. The zero-order valence-corrected chi connectivity index (χ0v) is 12.9. The third-order valence-corrected chi connectivity index (χ3v) is 6.23. The van der Waals surface area contributed by atoms with Gasteiger partial charge in [0.15, 0.2) is 9.84 Å². The lowest BCUT2D eigenvalue weighted by atomic mass is 9.99. The maximum absolute atomic E-state index is 11.7. The van der Waals surface area contributed by atoms with Crippen LogP contribution in [0, 0.1) is 6.92 Å². The summed E-state index contributed by atoms with van der Waals surface area (Å²) in [4.78, 5) is 0. The monoisotopic (exact) mass is 293 g/mol. The van der Waals surface area contributed by atoms with E-state index in [0.717, 1.165) is 11.4 Å². The molecule has 2 N–H and O–H groups in total. The molecule has 104 valence electrons. The molecule has 0 aliphatic heterocycles. The molecule has 0 saturated carbocycles. The van der Waals surface area contributed by atoms with E-state index < -0.39 is 20.6 Å². The molecule has 0 fully saturated rings. The largest absolute Gasteiger partial charge is 0.326 e. The molecule has 1 unspecified atom stereocenters. The number of halogens is 1. The molecule has 0 aliphatic rings. The van der Waals surface area contributed by atoms with E-state index in [0.29, 0.717) is 11.4 Å². The summed E-state index contributed by atoms with van der Waals surface area (Å²) in [6, 6.07) is -0.542. The van der Waals surface area contributed by atoms with Crippen molar-refractivity contribution in [3.05, 3.63) is 16.4 Å². The molecule has 1 aromatic rings. The Bertz CT molecular complexity index is 549. The van der Waals surface area contributed by atoms with Crippen molar-refractivity contribution in [1.29, 1.82) is 0 Å². The lowest BCUT2D eigenvalue weighted by Crippen LogP contribution is -2.50. The third kappa shape index (κ3) is 2.70. The minimum absolute atomic E-state index is 0.371. The fourth-order valence-corrected chi connectivity index (χ4v) is 2.50. The van der Waals surface area contributed by atoms with Gasteiger partial charge in [0.1, 0.15) is 0 Å². The number of nitrogens with zero attached hydrogens (tertiary/aromatic N) is 2. The van der Waals surface area contributed by atoms with Gasteiger partial charge in [-0.25, -0.2) is 8.42 Å². The van der Waals surface area contributed by atoms with Crippen molar-refractivity contribution in [3.63, 3.8) is 0 Å². The van der Waals surface area contributed by atoms with Crippen LogP contribution in [0.4, 0.5) is 0 Å². The fourth-order valence-electron chi connectivity index (χ4n) is 1.63. The predicted octanol–water partition coefficient (Wildman–Crippen LogP) is 1.07. The zero-order valence-electron chi connectivity index (χ0n) is 11.4. The lowest BCUT2D eigenvalue weighted by Gasteiger charge is -2.29. The molecule has 0 spiro atoms. The average molecular weight is 294 g/mol. The minimum atomic E-state index is -3.24. The second-order valence-electron chi connectivity index (χ2n) is 5.16. The number of hydrogen-bond acceptors (Lipinski definition) is 4. The molecule has 0 bridgehead atoms. The second-order valence-corrected chi connectivity index (χ2v) is 8.13. The van der Waals surface area contributed by atoms with Crippen LogP contribution in [0.3, 0.4) is 0 Å². The molecule has 7 heteroatoms. The van der Waals surface area contributed by atoms with E-state index in [9.17, 15) is 8.42 Å². The van der Waals surface area contributed by atoms with Crippen LogP contribution in [0.5, 0.6) is 0 Å². The first-order valence-electron chi connectivity index (χ1n) is 5.61. The third-order valence-electron chi connectivity index (χ3n) is 3.52. The summed E-state index contributed by atoms with van der Waals surface area (Å²) in [5.74, 6) is 0. The molecule has 1 rings (SSSR count). The average Bonchev–Trinajstić information content (AvgIpc) is 2.43. The van der Waals surface area contributed by atoms with Gasteiger partial charge in [-0.1, -0.05) is 11.6 Å². The van der Waals surface area contributed by atoms with Gasteiger partial charge >= 0.3 is 0 Å². The van der Waals surface area contributed by atoms with Crippen LogP contribution in [0.25, 0.3) is 0 Å². The van der Waals surface area contributed by atoms with Gasteiger partial charge in [0.25, 0.3) is 0 Å². The van der Waals surface area contributed by atoms with Gasteiger partial charge in [0.2, 0.25) is 0 Å². The summed E-state index contributed by atoms with van der Waals surface area (Å²) in [6.07, 6.45) is 1.57. The van der Waals surface area contributed by atoms with E-state index in [2.05, 4.69) is 5.10 Å². The zero-order chi connectivity index (χ0) is 14.3. The van der Waals surface area contributed by atoms with Crippen molar-refractivity contribution in [3.8, 4) is 0 Å². The van der Waals surface area contributed by atoms with Crippen LogP contribution in [0.1, 0.15) is 25.2 Å². The molecular weight excluding hydrogens is 274 g/mol. The Labute approximate surface area is 113 Å². The van der Waals surface area contributed by atoms with Gasteiger partial charge in [0.05, 0.1) is 21.2 Å². The van der Waals surface area contributed by atoms with Gasteiger partial charge < -0.3 is 5.73 Å². The number of nitrogens with two attached hydrogens (primary N) is 1. The van der Waals surface area contributed by atoms with E-state index in [1.807, 2.05) is 0 Å². The first-order valence-corrected chi connectivity index (χ1v) is 7.88. The molecule has 1 aromatic heterocycles. The van der Waals surface area contributed by atoms with Gasteiger partial charge in [0, 0.05) is 25.8 Å². The Morgan fingerprint density at radius 1 is 1.50 bits per heavy atom. The van der Waals surface area contributed by atoms with E-state index in [1.54, 1.807) is 32.5 Å². The molecule has 1 heterocycles. The molecule has 0 aromatic carbocycles. The predicted molar refractivity (Wildman–Crippen MR) is 73.6 cm³/mol. The Hall–Kier alpha value is -0.590. The maximum atomic E-state index is 11.7. The minimum Gasteiger partial charge on any atom is -0.326 e. The molecular formula is C11H20ClN3O2S. The van der Waals surface area contributed by atoms with Crippen molar-refractivity contribution in [1.82, 2.24) is 9.78 Å². The smallest absolute Gasteiger partial charge is 0.154 e. The summed E-state index contributed by atoms with van der Waals surface area (Å²) in [7, 11) is -1.47. The molecule has 1 atom stereocenters. The van der Waals surface area contributed by atoms with E-state index in [4.69, 9.17) is 17.3 Å². The first kappa shape index (κ1) is 15.5. The van der Waals surface area contributed by atoms with Crippen LogP contribution in [-0.4, -0.2) is 35.2 Å². The molecule has 0 aliphatic carbocycles. The summed E-state index contributed by atoms with van der Waals surface area (Å²) in [5.41, 5.74) is 7.52. The highest BCUT2D eigenvalue weighted by molar-refractivity contribution is 7.92. The highest BCUT2D eigenvalue weighted by atomic mass is 35.5. The summed E-state index contributed by atoms with van der Waals surface area (Å²) in [5, 5.41) is 4.74. The van der Waals surface area contributed by atoms with E-state index in [-0.39, 0.29) is 0 Å². The van der Waals surface area contributed by atoms with E-state index in [1.165, 1.54) is 6.26 Å². The molecule has 0 amide bonds. The SMILES string of the molecule is Cc1nn(C)c(CC(N)C(C)(C)S(C)(=O)=O)c1Cl. The number of rotatable bonds is 4. The van der Waals surface area contributed by atoms with Crippen LogP contribution in [0.2, 0.25) is 5.02 Å². The van der Waals surface area contributed by atoms with Crippen molar-refractivity contribution < 1.29 is 8.42 Å². The van der Waals surface area contributed by atoms with Gasteiger partial charge in [-0.3, -0.25) is 4.68 Å². The first-order chi connectivity index (χ1) is 7.98. The standard InChI is InChI=1S/C11H20ClN3O2S/c1-7-10(12)8(15(4)14-7)6-9(13)11(2,3)18(5,16)17/h9H,6,13H2,1-5H3. The Kier molecular flexibility index (Phi) is 4.15. The quantitative estimate of drug-likeness (QED) is 0.901. The summed E-state index contributed by atoms with van der Waals surface area (Å²) >= 11 is 6.13. The highest BCUT2D eigenvalue weighted by Gasteiger charge is 2.37. The van der Waals surface area contributed by atoms with Crippen molar-refractivity contribution in [2.45, 2.75) is 38.0 Å². The molecule has 5 nitrogen and oxygen atoms in total. The molecule has 0 saturated heterocycles. The molecule has 0 radical (unpaired) electrons. The number of hydrogen-bond donors (Lipinski definition) is 1. The summed E-state index contributed by atoms with van der Waals surface area (Å²) < 4.78 is 24.1. The normalized spacial score (nSPS) is 14.8. The maximum Gasteiger partial charge on any atom is 0.154 e. The number of aryl methyl sites for hydroxylation is 2. The number of sulfone groups is 1. The van der Waals surface area contributed by atoms with Crippen LogP contribution in [0.15, 0.2) is 0 Å². The lowest BCUT2D eigenvalue weighted by molar-refractivity contribution is 0.473. The van der Waals surface area contributed by atoms with Gasteiger partial charge in [-0.15, -0.1) is 0 Å².